The molecule has 0 saturated heterocycles. The summed E-state index contributed by atoms with van der Waals surface area (Å²) in [6.45, 7) is 5.57. The van der Waals surface area contributed by atoms with Crippen molar-refractivity contribution in [2.75, 3.05) is 11.1 Å². The molecule has 2 aromatic carbocycles. The number of thioether (sulfide) groups is 1. The molecule has 1 amide bonds. The molecule has 4 rings (SSSR count). The van der Waals surface area contributed by atoms with Crippen molar-refractivity contribution in [2.45, 2.75) is 30.8 Å². The molecule has 3 N–H and O–H groups in total. The van der Waals surface area contributed by atoms with Crippen LogP contribution in [0.1, 0.15) is 16.8 Å². The summed E-state index contributed by atoms with van der Waals surface area (Å²) in [4.78, 5) is 17.4. The summed E-state index contributed by atoms with van der Waals surface area (Å²) in [6.07, 6.45) is 0. The molecule has 0 atom stereocenters. The van der Waals surface area contributed by atoms with Gasteiger partial charge in [-0.3, -0.25) is 4.79 Å². The maximum Gasteiger partial charge on any atom is 0.238 e. The Kier molecular flexibility index (Phi) is 6.24. The second kappa shape index (κ2) is 8.97. The Morgan fingerprint density at radius 1 is 1.06 bits per heavy atom. The second-order valence-corrected chi connectivity index (χ2v) is 10.2. The smallest absolute Gasteiger partial charge is 0.238 e. The summed E-state index contributed by atoms with van der Waals surface area (Å²) in [5, 5.41) is 13.2. The van der Waals surface area contributed by atoms with Gasteiger partial charge in [0.15, 0.2) is 5.16 Å². The minimum Gasteiger partial charge on any atom is -0.325 e. The number of sulfonamides is 1. The van der Waals surface area contributed by atoms with Gasteiger partial charge in [-0.05, 0) is 50.1 Å². The Balaban J connectivity index is 1.60. The minimum absolute atomic E-state index is 0.0187. The highest BCUT2D eigenvalue weighted by Gasteiger charge is 2.18. The third-order valence-corrected chi connectivity index (χ3v) is 7.02. The topological polar surface area (TPSA) is 119 Å². The molecule has 0 radical (unpaired) electrons. The highest BCUT2D eigenvalue weighted by molar-refractivity contribution is 7.99. The number of nitrogens with two attached hydrogens (primary N) is 1. The lowest BCUT2D eigenvalue weighted by Gasteiger charge is -2.09. The molecule has 0 unspecified atom stereocenters. The molecule has 0 saturated carbocycles. The first kappa shape index (κ1) is 23.0. The molecule has 0 fully saturated rings. The third-order valence-electron chi connectivity index (χ3n) is 5.04. The fraction of sp³-hybridized carbons (Fsp3) is 0.174. The SMILES string of the molecule is Cc1cc(C)c2c(-c3ccccc3)nc(SCC(=O)Nc3ccc(C)c(S(N)(=O)=O)c3)n2n1. The Bertz CT molecular complexity index is 1460. The van der Waals surface area contributed by atoms with Crippen LogP contribution in [0.25, 0.3) is 16.8 Å². The van der Waals surface area contributed by atoms with E-state index in [0.29, 0.717) is 16.4 Å². The van der Waals surface area contributed by atoms with Crippen LogP contribution in [0.15, 0.2) is 64.6 Å². The number of anilines is 1. The predicted octanol–water partition coefficient (Wildman–Crippen LogP) is 3.70. The van der Waals surface area contributed by atoms with Crippen LogP contribution < -0.4 is 10.5 Å². The molecule has 33 heavy (non-hydrogen) atoms. The summed E-state index contributed by atoms with van der Waals surface area (Å²) in [7, 11) is -3.88. The van der Waals surface area contributed by atoms with Crippen molar-refractivity contribution in [1.82, 2.24) is 14.6 Å². The van der Waals surface area contributed by atoms with Crippen LogP contribution in [-0.2, 0) is 14.8 Å². The van der Waals surface area contributed by atoms with Gasteiger partial charge >= 0.3 is 0 Å². The molecule has 2 heterocycles. The van der Waals surface area contributed by atoms with Crippen LogP contribution in [0.5, 0.6) is 0 Å². The van der Waals surface area contributed by atoms with E-state index in [-0.39, 0.29) is 16.6 Å². The average molecular weight is 482 g/mol. The number of hydrogen-bond acceptors (Lipinski definition) is 6. The molecule has 0 aliphatic heterocycles. The number of aryl methyl sites for hydroxylation is 3. The number of primary sulfonamides is 1. The highest BCUT2D eigenvalue weighted by Crippen LogP contribution is 2.31. The van der Waals surface area contributed by atoms with E-state index in [1.165, 1.54) is 17.8 Å². The van der Waals surface area contributed by atoms with E-state index < -0.39 is 10.0 Å². The van der Waals surface area contributed by atoms with Crippen LogP contribution in [0.2, 0.25) is 0 Å². The number of amides is 1. The zero-order valence-electron chi connectivity index (χ0n) is 18.4. The number of benzene rings is 2. The quantitative estimate of drug-likeness (QED) is 0.405. The van der Waals surface area contributed by atoms with Crippen LogP contribution in [0.3, 0.4) is 0 Å². The van der Waals surface area contributed by atoms with Gasteiger partial charge in [0.2, 0.25) is 15.9 Å². The molecule has 8 nitrogen and oxygen atoms in total. The molecule has 0 aliphatic rings. The molecule has 2 aromatic heterocycles. The first-order chi connectivity index (χ1) is 15.6. The van der Waals surface area contributed by atoms with Gasteiger partial charge in [-0.25, -0.2) is 23.1 Å². The van der Waals surface area contributed by atoms with Crippen molar-refractivity contribution < 1.29 is 13.2 Å². The van der Waals surface area contributed by atoms with Crippen LogP contribution in [0, 0.1) is 20.8 Å². The third kappa shape index (κ3) is 4.92. The van der Waals surface area contributed by atoms with E-state index in [9.17, 15) is 13.2 Å². The monoisotopic (exact) mass is 481 g/mol. The largest absolute Gasteiger partial charge is 0.325 e. The average Bonchev–Trinajstić information content (AvgIpc) is 3.12. The van der Waals surface area contributed by atoms with Gasteiger partial charge in [0.1, 0.15) is 0 Å². The van der Waals surface area contributed by atoms with Crippen LogP contribution in [0.4, 0.5) is 5.69 Å². The predicted molar refractivity (Wildman–Crippen MR) is 130 cm³/mol. The molecular formula is C23H23N5O3S2. The van der Waals surface area contributed by atoms with E-state index >= 15 is 0 Å². The fourth-order valence-corrected chi connectivity index (χ4v) is 5.16. The van der Waals surface area contributed by atoms with Crippen LogP contribution in [-0.4, -0.2) is 34.7 Å². The van der Waals surface area contributed by atoms with Crippen molar-refractivity contribution in [1.29, 1.82) is 0 Å². The fourth-order valence-electron chi connectivity index (χ4n) is 3.61. The summed E-state index contributed by atoms with van der Waals surface area (Å²) >= 11 is 1.26. The van der Waals surface area contributed by atoms with E-state index in [4.69, 9.17) is 10.1 Å². The van der Waals surface area contributed by atoms with E-state index in [0.717, 1.165) is 28.0 Å². The number of carbonyl (C=O) groups excluding carboxylic acids is 1. The zero-order chi connectivity index (χ0) is 23.8. The number of nitrogens with zero attached hydrogens (tertiary/aromatic N) is 3. The Hall–Kier alpha value is -3.21. The number of carbonyl (C=O) groups is 1. The molecule has 170 valence electrons. The van der Waals surface area contributed by atoms with E-state index in [2.05, 4.69) is 10.4 Å². The lowest BCUT2D eigenvalue weighted by Crippen LogP contribution is -2.17. The van der Waals surface area contributed by atoms with Gasteiger partial charge < -0.3 is 5.32 Å². The van der Waals surface area contributed by atoms with Crippen molar-refractivity contribution in [3.05, 3.63) is 71.4 Å². The van der Waals surface area contributed by atoms with E-state index in [1.54, 1.807) is 23.6 Å². The maximum absolute atomic E-state index is 12.6. The standard InChI is InChI=1S/C23H23N5O3S2/c1-14-9-10-18(12-19(14)33(24,30)31)25-20(29)13-32-23-26-21(17-7-5-4-6-8-17)22-15(2)11-16(3)27-28(22)23/h4-12H,13H2,1-3H3,(H,25,29)(H2,24,30,31). The molecule has 4 aromatic rings. The zero-order valence-corrected chi connectivity index (χ0v) is 20.0. The van der Waals surface area contributed by atoms with E-state index in [1.807, 2.05) is 50.2 Å². The number of imidazole rings is 1. The summed E-state index contributed by atoms with van der Waals surface area (Å²) in [6, 6.07) is 16.4. The summed E-state index contributed by atoms with van der Waals surface area (Å²) in [5.74, 6) is -0.229. The van der Waals surface area contributed by atoms with Gasteiger partial charge in [0, 0.05) is 11.3 Å². The lowest BCUT2D eigenvalue weighted by atomic mass is 10.1. The van der Waals surface area contributed by atoms with Crippen molar-refractivity contribution in [2.24, 2.45) is 5.14 Å². The van der Waals surface area contributed by atoms with Gasteiger partial charge in [-0.1, -0.05) is 48.2 Å². The molecule has 0 aliphatic carbocycles. The highest BCUT2D eigenvalue weighted by atomic mass is 32.2. The van der Waals surface area contributed by atoms with Gasteiger partial charge in [-0.2, -0.15) is 5.10 Å². The number of hydrogen-bond donors (Lipinski definition) is 2. The summed E-state index contributed by atoms with van der Waals surface area (Å²) < 4.78 is 25.3. The molecule has 0 bridgehead atoms. The summed E-state index contributed by atoms with van der Waals surface area (Å²) in [5.41, 5.74) is 5.43. The van der Waals surface area contributed by atoms with Gasteiger partial charge in [0.25, 0.3) is 0 Å². The first-order valence-electron chi connectivity index (χ1n) is 10.1. The Morgan fingerprint density at radius 3 is 2.48 bits per heavy atom. The molecule has 0 spiro atoms. The number of fused-ring (bicyclic) bond motifs is 1. The second-order valence-electron chi connectivity index (χ2n) is 7.70. The minimum atomic E-state index is -3.88. The lowest BCUT2D eigenvalue weighted by molar-refractivity contribution is -0.113. The number of aromatic nitrogens is 3. The Morgan fingerprint density at radius 2 is 1.79 bits per heavy atom. The number of nitrogens with one attached hydrogen (secondary N) is 1. The number of rotatable bonds is 6. The normalized spacial score (nSPS) is 11.6. The van der Waals surface area contributed by atoms with Crippen molar-refractivity contribution >= 4 is 38.9 Å². The Labute approximate surface area is 196 Å². The maximum atomic E-state index is 12.6. The molecular weight excluding hydrogens is 458 g/mol. The van der Waals surface area contributed by atoms with Crippen molar-refractivity contribution in [3.63, 3.8) is 0 Å². The van der Waals surface area contributed by atoms with Crippen LogP contribution >= 0.6 is 11.8 Å². The first-order valence-corrected chi connectivity index (χ1v) is 12.6. The van der Waals surface area contributed by atoms with Gasteiger partial charge in [-0.15, -0.1) is 0 Å². The van der Waals surface area contributed by atoms with Crippen molar-refractivity contribution in [3.8, 4) is 11.3 Å². The molecule has 10 heteroatoms. The van der Waals surface area contributed by atoms with Gasteiger partial charge in [0.05, 0.1) is 27.6 Å².